The predicted octanol–water partition coefficient (Wildman–Crippen LogP) is 1.75. The third kappa shape index (κ3) is 1.72. The van der Waals surface area contributed by atoms with Crippen LogP contribution in [0.2, 0.25) is 0 Å². The Labute approximate surface area is 98.5 Å². The zero-order valence-electron chi connectivity index (χ0n) is 9.52. The molecule has 4 nitrogen and oxygen atoms in total. The number of fused-ring (bicyclic) bond motifs is 1. The molecular weight excluding hydrogens is 219 g/mol. The van der Waals surface area contributed by atoms with Crippen LogP contribution < -0.4 is 5.32 Å². The first-order valence-electron chi connectivity index (χ1n) is 5.68. The van der Waals surface area contributed by atoms with E-state index in [4.69, 9.17) is 0 Å². The van der Waals surface area contributed by atoms with Crippen molar-refractivity contribution in [3.8, 4) is 11.4 Å². The van der Waals surface area contributed by atoms with Crippen LogP contribution in [0, 0.1) is 5.82 Å². The summed E-state index contributed by atoms with van der Waals surface area (Å²) >= 11 is 0. The molecule has 2 aromatic rings. The quantitative estimate of drug-likeness (QED) is 0.814. The van der Waals surface area contributed by atoms with Gasteiger partial charge < -0.3 is 9.88 Å². The van der Waals surface area contributed by atoms with Crippen LogP contribution in [0.4, 0.5) is 4.39 Å². The summed E-state index contributed by atoms with van der Waals surface area (Å²) in [5.74, 6) is 1.52. The summed E-state index contributed by atoms with van der Waals surface area (Å²) in [4.78, 5) is 0. The van der Waals surface area contributed by atoms with Crippen LogP contribution in [0.5, 0.6) is 0 Å². The number of aromatic nitrogens is 3. The van der Waals surface area contributed by atoms with Crippen molar-refractivity contribution in [1.29, 1.82) is 0 Å². The molecule has 1 aromatic heterocycles. The summed E-state index contributed by atoms with van der Waals surface area (Å²) in [5.41, 5.74) is 0.902. The molecule has 2 heterocycles. The molecule has 1 unspecified atom stereocenters. The maximum atomic E-state index is 12.9. The van der Waals surface area contributed by atoms with Gasteiger partial charge in [-0.3, -0.25) is 0 Å². The van der Waals surface area contributed by atoms with Crippen molar-refractivity contribution < 1.29 is 4.39 Å². The fraction of sp³-hybridized carbons (Fsp3) is 0.333. The van der Waals surface area contributed by atoms with Gasteiger partial charge in [0.1, 0.15) is 11.6 Å². The summed E-state index contributed by atoms with van der Waals surface area (Å²) in [6.07, 6.45) is 0. The Morgan fingerprint density at radius 1 is 1.29 bits per heavy atom. The Morgan fingerprint density at radius 3 is 2.82 bits per heavy atom. The van der Waals surface area contributed by atoms with Gasteiger partial charge in [-0.1, -0.05) is 0 Å². The highest BCUT2D eigenvalue weighted by Crippen LogP contribution is 2.23. The number of benzene rings is 1. The maximum Gasteiger partial charge on any atom is 0.164 e. The fourth-order valence-electron chi connectivity index (χ4n) is 2.15. The van der Waals surface area contributed by atoms with E-state index < -0.39 is 0 Å². The number of hydrogen-bond acceptors (Lipinski definition) is 3. The third-order valence-electron chi connectivity index (χ3n) is 3.06. The van der Waals surface area contributed by atoms with Crippen molar-refractivity contribution in [2.24, 2.45) is 0 Å². The molecule has 1 atom stereocenters. The molecule has 0 radical (unpaired) electrons. The number of nitrogens with zero attached hydrogens (tertiary/aromatic N) is 3. The zero-order valence-corrected chi connectivity index (χ0v) is 9.52. The Kier molecular flexibility index (Phi) is 2.40. The van der Waals surface area contributed by atoms with Crippen molar-refractivity contribution in [2.75, 3.05) is 6.54 Å². The monoisotopic (exact) mass is 232 g/mol. The fourth-order valence-corrected chi connectivity index (χ4v) is 2.15. The van der Waals surface area contributed by atoms with E-state index in [2.05, 4.69) is 27.0 Å². The Hall–Kier alpha value is -1.75. The molecule has 1 aliphatic rings. The van der Waals surface area contributed by atoms with Crippen molar-refractivity contribution in [3.05, 3.63) is 35.9 Å². The highest BCUT2D eigenvalue weighted by molar-refractivity contribution is 5.55. The number of rotatable bonds is 1. The lowest BCUT2D eigenvalue weighted by atomic mass is 10.2. The molecule has 17 heavy (non-hydrogen) atoms. The Balaban J connectivity index is 2.07. The van der Waals surface area contributed by atoms with E-state index >= 15 is 0 Å². The molecule has 3 rings (SSSR count). The van der Waals surface area contributed by atoms with Crippen LogP contribution >= 0.6 is 0 Å². The van der Waals surface area contributed by atoms with E-state index in [9.17, 15) is 4.39 Å². The minimum atomic E-state index is -0.234. The molecule has 1 aromatic carbocycles. The molecule has 0 bridgehead atoms. The molecule has 1 N–H and O–H groups in total. The second-order valence-corrected chi connectivity index (χ2v) is 4.22. The standard InChI is InChI=1S/C12H13FN4/c1-8-11-15-16-12(17(11)7-6-14-8)9-2-4-10(13)5-3-9/h2-5,8,14H,6-7H2,1H3. The summed E-state index contributed by atoms with van der Waals surface area (Å²) in [7, 11) is 0. The number of nitrogens with one attached hydrogen (secondary N) is 1. The van der Waals surface area contributed by atoms with Gasteiger partial charge in [-0.25, -0.2) is 4.39 Å². The highest BCUT2D eigenvalue weighted by Gasteiger charge is 2.21. The van der Waals surface area contributed by atoms with Crippen molar-refractivity contribution >= 4 is 0 Å². The van der Waals surface area contributed by atoms with Gasteiger partial charge >= 0.3 is 0 Å². The molecule has 0 aliphatic carbocycles. The van der Waals surface area contributed by atoms with E-state index in [1.807, 2.05) is 0 Å². The number of hydrogen-bond donors (Lipinski definition) is 1. The maximum absolute atomic E-state index is 12.9. The van der Waals surface area contributed by atoms with Crippen LogP contribution in [0.1, 0.15) is 18.8 Å². The second kappa shape index (κ2) is 3.92. The normalized spacial score (nSPS) is 19.1. The Bertz CT molecular complexity index is 532. The van der Waals surface area contributed by atoms with Gasteiger partial charge in [0.15, 0.2) is 5.82 Å². The van der Waals surface area contributed by atoms with Gasteiger partial charge in [0.25, 0.3) is 0 Å². The Morgan fingerprint density at radius 2 is 2.06 bits per heavy atom. The zero-order chi connectivity index (χ0) is 11.8. The first-order chi connectivity index (χ1) is 8.25. The number of halogens is 1. The minimum Gasteiger partial charge on any atom is -0.308 e. The minimum absolute atomic E-state index is 0.213. The third-order valence-corrected chi connectivity index (χ3v) is 3.06. The van der Waals surface area contributed by atoms with Gasteiger partial charge in [-0.2, -0.15) is 0 Å². The average Bonchev–Trinajstić information content (AvgIpc) is 2.75. The first-order valence-corrected chi connectivity index (χ1v) is 5.68. The molecule has 0 saturated carbocycles. The van der Waals surface area contributed by atoms with Crippen LogP contribution in [0.25, 0.3) is 11.4 Å². The second-order valence-electron chi connectivity index (χ2n) is 4.22. The lowest BCUT2D eigenvalue weighted by molar-refractivity contribution is 0.439. The van der Waals surface area contributed by atoms with Crippen molar-refractivity contribution in [2.45, 2.75) is 19.5 Å². The molecule has 0 fully saturated rings. The van der Waals surface area contributed by atoms with Crippen LogP contribution in [0.3, 0.4) is 0 Å². The molecule has 88 valence electrons. The smallest absolute Gasteiger partial charge is 0.164 e. The molecule has 0 amide bonds. The van der Waals surface area contributed by atoms with Crippen LogP contribution in [-0.4, -0.2) is 21.3 Å². The van der Waals surface area contributed by atoms with Crippen molar-refractivity contribution in [3.63, 3.8) is 0 Å². The summed E-state index contributed by atoms with van der Waals surface area (Å²) < 4.78 is 15.0. The lowest BCUT2D eigenvalue weighted by Gasteiger charge is -2.21. The largest absolute Gasteiger partial charge is 0.308 e. The van der Waals surface area contributed by atoms with Gasteiger partial charge in [0.2, 0.25) is 0 Å². The van der Waals surface area contributed by atoms with Gasteiger partial charge in [-0.05, 0) is 31.2 Å². The molecule has 0 saturated heterocycles. The predicted molar refractivity (Wildman–Crippen MR) is 61.8 cm³/mol. The van der Waals surface area contributed by atoms with E-state index in [1.165, 1.54) is 12.1 Å². The summed E-state index contributed by atoms with van der Waals surface area (Å²) in [5, 5.41) is 11.7. The van der Waals surface area contributed by atoms with E-state index in [-0.39, 0.29) is 11.9 Å². The van der Waals surface area contributed by atoms with E-state index in [1.54, 1.807) is 12.1 Å². The van der Waals surface area contributed by atoms with Crippen LogP contribution in [0.15, 0.2) is 24.3 Å². The topological polar surface area (TPSA) is 42.7 Å². The average molecular weight is 232 g/mol. The SMILES string of the molecule is CC1NCCn2c(-c3ccc(F)cc3)nnc21. The molecule has 1 aliphatic heterocycles. The summed E-state index contributed by atoms with van der Waals surface area (Å²) in [6, 6.07) is 6.58. The highest BCUT2D eigenvalue weighted by atomic mass is 19.1. The summed E-state index contributed by atoms with van der Waals surface area (Å²) in [6.45, 7) is 3.81. The first kappa shape index (κ1) is 10.4. The van der Waals surface area contributed by atoms with Crippen molar-refractivity contribution in [1.82, 2.24) is 20.1 Å². The van der Waals surface area contributed by atoms with Crippen LogP contribution in [-0.2, 0) is 6.54 Å². The lowest BCUT2D eigenvalue weighted by Crippen LogP contribution is -2.32. The van der Waals surface area contributed by atoms with E-state index in [0.717, 1.165) is 30.3 Å². The van der Waals surface area contributed by atoms with Gasteiger partial charge in [0.05, 0.1) is 6.04 Å². The molecular formula is C12H13FN4. The van der Waals surface area contributed by atoms with Gasteiger partial charge in [-0.15, -0.1) is 10.2 Å². The molecule has 0 spiro atoms. The van der Waals surface area contributed by atoms with E-state index in [0.29, 0.717) is 0 Å². The molecule has 5 heteroatoms. The van der Waals surface area contributed by atoms with Gasteiger partial charge in [0, 0.05) is 18.7 Å².